The van der Waals surface area contributed by atoms with Crippen LogP contribution in [-0.4, -0.2) is 23.2 Å². The Bertz CT molecular complexity index is 213. The molecular weight excluding hydrogens is 166 g/mol. The van der Waals surface area contributed by atoms with Gasteiger partial charge in [0, 0.05) is 12.1 Å². The van der Waals surface area contributed by atoms with Crippen molar-refractivity contribution in [3.8, 4) is 0 Å². The number of carbonyl (C=O) groups is 1. The van der Waals surface area contributed by atoms with Crippen molar-refractivity contribution in [2.75, 3.05) is 0 Å². The minimum atomic E-state index is -0.633. The zero-order chi connectivity index (χ0) is 9.42. The van der Waals surface area contributed by atoms with Gasteiger partial charge in [-0.05, 0) is 38.5 Å². The molecule has 0 radical (unpaired) electrons. The molecule has 0 aromatic carbocycles. The first-order valence-electron chi connectivity index (χ1n) is 5.17. The Hall–Kier alpha value is -0.570. The van der Waals surface area contributed by atoms with E-state index in [4.69, 9.17) is 5.11 Å². The van der Waals surface area contributed by atoms with E-state index in [1.54, 1.807) is 0 Å². The van der Waals surface area contributed by atoms with Crippen molar-refractivity contribution in [3.63, 3.8) is 0 Å². The van der Waals surface area contributed by atoms with Crippen LogP contribution in [0.5, 0.6) is 0 Å². The Morgan fingerprint density at radius 1 is 1.38 bits per heavy atom. The quantitative estimate of drug-likeness (QED) is 0.689. The summed E-state index contributed by atoms with van der Waals surface area (Å²) in [5, 5.41) is 12.3. The summed E-state index contributed by atoms with van der Waals surface area (Å²) in [6.45, 7) is 2.18. The molecule has 3 heteroatoms. The zero-order valence-corrected chi connectivity index (χ0v) is 7.99. The topological polar surface area (TPSA) is 49.3 Å². The first-order chi connectivity index (χ1) is 6.18. The van der Waals surface area contributed by atoms with Crippen LogP contribution >= 0.6 is 0 Å². The summed E-state index contributed by atoms with van der Waals surface area (Å²) in [6.07, 6.45) is 4.52. The molecule has 2 N–H and O–H groups in total. The Kier molecular flexibility index (Phi) is 2.28. The number of carboxylic acid groups (broad SMARTS) is 1. The van der Waals surface area contributed by atoms with Crippen LogP contribution in [0.4, 0.5) is 0 Å². The monoisotopic (exact) mass is 183 g/mol. The van der Waals surface area contributed by atoms with Crippen LogP contribution in [-0.2, 0) is 4.79 Å². The summed E-state index contributed by atoms with van der Waals surface area (Å²) < 4.78 is 0. The Balaban J connectivity index is 1.77. The summed E-state index contributed by atoms with van der Waals surface area (Å²) in [4.78, 5) is 10.7. The van der Waals surface area contributed by atoms with Gasteiger partial charge in [0.05, 0.1) is 5.92 Å². The summed E-state index contributed by atoms with van der Waals surface area (Å²) in [5.41, 5.74) is 0. The number of hydrogen-bond donors (Lipinski definition) is 2. The van der Waals surface area contributed by atoms with Gasteiger partial charge in [-0.3, -0.25) is 4.79 Å². The fourth-order valence-electron chi connectivity index (χ4n) is 2.07. The summed E-state index contributed by atoms with van der Waals surface area (Å²) in [7, 11) is 0. The Morgan fingerprint density at radius 3 is 2.46 bits per heavy atom. The van der Waals surface area contributed by atoms with Gasteiger partial charge in [0.2, 0.25) is 0 Å². The summed E-state index contributed by atoms with van der Waals surface area (Å²) >= 11 is 0. The highest BCUT2D eigenvalue weighted by molar-refractivity contribution is 5.72. The van der Waals surface area contributed by atoms with Gasteiger partial charge in [0.25, 0.3) is 0 Å². The van der Waals surface area contributed by atoms with E-state index in [1.165, 1.54) is 12.8 Å². The number of nitrogens with one attached hydrogen (secondary N) is 1. The van der Waals surface area contributed by atoms with Crippen molar-refractivity contribution in [3.05, 3.63) is 0 Å². The fourth-order valence-corrected chi connectivity index (χ4v) is 2.07. The second kappa shape index (κ2) is 3.29. The van der Waals surface area contributed by atoms with Crippen molar-refractivity contribution >= 4 is 5.97 Å². The third-order valence-electron chi connectivity index (χ3n) is 3.40. The molecule has 2 fully saturated rings. The molecular formula is C10H17NO2. The van der Waals surface area contributed by atoms with Crippen molar-refractivity contribution in [2.24, 2.45) is 11.8 Å². The predicted molar refractivity (Wildman–Crippen MR) is 49.5 cm³/mol. The SMILES string of the molecule is CC(NC1CCC1C(=O)O)C1CC1. The highest BCUT2D eigenvalue weighted by atomic mass is 16.4. The van der Waals surface area contributed by atoms with E-state index in [1.807, 2.05) is 0 Å². The fraction of sp³-hybridized carbons (Fsp3) is 0.900. The van der Waals surface area contributed by atoms with E-state index in [-0.39, 0.29) is 12.0 Å². The van der Waals surface area contributed by atoms with E-state index < -0.39 is 5.97 Å². The Labute approximate surface area is 78.5 Å². The van der Waals surface area contributed by atoms with E-state index in [9.17, 15) is 4.79 Å². The molecule has 0 aromatic rings. The molecule has 0 saturated heterocycles. The molecule has 0 aliphatic heterocycles. The smallest absolute Gasteiger partial charge is 0.308 e. The maximum Gasteiger partial charge on any atom is 0.308 e. The maximum absolute atomic E-state index is 10.7. The minimum Gasteiger partial charge on any atom is -0.481 e. The molecule has 3 atom stereocenters. The standard InChI is InChI=1S/C10H17NO2/c1-6(7-2-3-7)11-9-5-4-8(9)10(12)13/h6-9,11H,2-5H2,1H3,(H,12,13). The van der Waals surface area contributed by atoms with Crippen molar-refractivity contribution < 1.29 is 9.90 Å². The van der Waals surface area contributed by atoms with Gasteiger partial charge >= 0.3 is 5.97 Å². The van der Waals surface area contributed by atoms with Gasteiger partial charge < -0.3 is 10.4 Å². The van der Waals surface area contributed by atoms with Crippen LogP contribution in [0.3, 0.4) is 0 Å². The number of aliphatic carboxylic acids is 1. The van der Waals surface area contributed by atoms with Crippen LogP contribution < -0.4 is 5.32 Å². The largest absolute Gasteiger partial charge is 0.481 e. The number of carboxylic acids is 1. The second-order valence-electron chi connectivity index (χ2n) is 4.42. The molecule has 0 bridgehead atoms. The predicted octanol–water partition coefficient (Wildman–Crippen LogP) is 1.24. The van der Waals surface area contributed by atoms with Crippen LogP contribution in [0.2, 0.25) is 0 Å². The second-order valence-corrected chi connectivity index (χ2v) is 4.42. The highest BCUT2D eigenvalue weighted by Crippen LogP contribution is 2.35. The van der Waals surface area contributed by atoms with E-state index in [0.29, 0.717) is 6.04 Å². The lowest BCUT2D eigenvalue weighted by Crippen LogP contribution is -2.51. The van der Waals surface area contributed by atoms with Gasteiger partial charge in [-0.15, -0.1) is 0 Å². The van der Waals surface area contributed by atoms with Crippen molar-refractivity contribution in [1.29, 1.82) is 0 Å². The highest BCUT2D eigenvalue weighted by Gasteiger charge is 2.39. The van der Waals surface area contributed by atoms with E-state index in [2.05, 4.69) is 12.2 Å². The van der Waals surface area contributed by atoms with Crippen LogP contribution in [0, 0.1) is 11.8 Å². The molecule has 2 aliphatic rings. The van der Waals surface area contributed by atoms with E-state index in [0.717, 1.165) is 18.8 Å². The first-order valence-corrected chi connectivity index (χ1v) is 5.17. The maximum atomic E-state index is 10.7. The summed E-state index contributed by atoms with van der Waals surface area (Å²) in [5.74, 6) is 0.0583. The molecule has 0 spiro atoms. The molecule has 0 aromatic heterocycles. The number of hydrogen-bond acceptors (Lipinski definition) is 2. The molecule has 2 rings (SSSR count). The van der Waals surface area contributed by atoms with Gasteiger partial charge in [0.15, 0.2) is 0 Å². The van der Waals surface area contributed by atoms with Crippen LogP contribution in [0.1, 0.15) is 32.6 Å². The minimum absolute atomic E-state index is 0.124. The van der Waals surface area contributed by atoms with Crippen LogP contribution in [0.15, 0.2) is 0 Å². The number of rotatable bonds is 4. The molecule has 13 heavy (non-hydrogen) atoms. The molecule has 0 heterocycles. The van der Waals surface area contributed by atoms with Gasteiger partial charge in [0.1, 0.15) is 0 Å². The lowest BCUT2D eigenvalue weighted by atomic mass is 9.79. The zero-order valence-electron chi connectivity index (χ0n) is 7.99. The lowest BCUT2D eigenvalue weighted by Gasteiger charge is -2.36. The third-order valence-corrected chi connectivity index (χ3v) is 3.40. The lowest BCUT2D eigenvalue weighted by molar-refractivity contribution is -0.146. The first kappa shape index (κ1) is 9.00. The van der Waals surface area contributed by atoms with Crippen LogP contribution in [0.25, 0.3) is 0 Å². The van der Waals surface area contributed by atoms with Gasteiger partial charge in [-0.1, -0.05) is 0 Å². The summed E-state index contributed by atoms with van der Waals surface area (Å²) in [6, 6.07) is 0.764. The van der Waals surface area contributed by atoms with E-state index >= 15 is 0 Å². The molecule has 3 unspecified atom stereocenters. The Morgan fingerprint density at radius 2 is 2.08 bits per heavy atom. The molecule has 2 aliphatic carbocycles. The average molecular weight is 183 g/mol. The van der Waals surface area contributed by atoms with Gasteiger partial charge in [-0.2, -0.15) is 0 Å². The molecule has 2 saturated carbocycles. The average Bonchev–Trinajstić information content (AvgIpc) is 2.77. The molecule has 74 valence electrons. The van der Waals surface area contributed by atoms with Crippen molar-refractivity contribution in [1.82, 2.24) is 5.32 Å². The molecule has 0 amide bonds. The molecule has 3 nitrogen and oxygen atoms in total. The van der Waals surface area contributed by atoms with Gasteiger partial charge in [-0.25, -0.2) is 0 Å². The third kappa shape index (κ3) is 1.85. The van der Waals surface area contributed by atoms with Crippen molar-refractivity contribution in [2.45, 2.75) is 44.7 Å². The normalized spacial score (nSPS) is 35.2.